The third kappa shape index (κ3) is 5.69. The van der Waals surface area contributed by atoms with Crippen LogP contribution in [0.25, 0.3) is 11.1 Å². The lowest BCUT2D eigenvalue weighted by Gasteiger charge is -2.18. The molecule has 1 N–H and O–H groups in total. The molecular formula is C22H14Cl2F5NO2. The Kier molecular flexibility index (Phi) is 7.26. The van der Waals surface area contributed by atoms with E-state index in [9.17, 15) is 26.7 Å². The number of halogens is 7. The zero-order chi connectivity index (χ0) is 23.5. The Labute approximate surface area is 189 Å². The van der Waals surface area contributed by atoms with Gasteiger partial charge in [0.1, 0.15) is 17.4 Å². The van der Waals surface area contributed by atoms with Crippen molar-refractivity contribution in [3.63, 3.8) is 0 Å². The average molecular weight is 490 g/mol. The topological polar surface area (TPSA) is 38.3 Å². The summed E-state index contributed by atoms with van der Waals surface area (Å²) in [5.41, 5.74) is 0.472. The number of carbonyl (C=O) groups excluding carboxylic acids is 1. The Morgan fingerprint density at radius 3 is 2.19 bits per heavy atom. The average Bonchev–Trinajstić information content (AvgIpc) is 2.71. The molecule has 1 atom stereocenters. The van der Waals surface area contributed by atoms with Gasteiger partial charge in [-0.05, 0) is 41.5 Å². The normalized spacial score (nSPS) is 12.3. The smallest absolute Gasteiger partial charge is 0.406 e. The van der Waals surface area contributed by atoms with Crippen molar-refractivity contribution in [2.24, 2.45) is 0 Å². The van der Waals surface area contributed by atoms with Crippen molar-refractivity contribution in [1.29, 1.82) is 0 Å². The monoisotopic (exact) mass is 489 g/mol. The van der Waals surface area contributed by atoms with E-state index in [0.29, 0.717) is 11.1 Å². The number of carbonyl (C=O) groups is 1. The number of ether oxygens (including phenoxy) is 1. The summed E-state index contributed by atoms with van der Waals surface area (Å²) in [7, 11) is 0. The van der Waals surface area contributed by atoms with Gasteiger partial charge in [0.2, 0.25) is 0 Å². The van der Waals surface area contributed by atoms with Crippen LogP contribution in [0, 0.1) is 11.6 Å². The van der Waals surface area contributed by atoms with Gasteiger partial charge in [0.15, 0.2) is 0 Å². The first-order valence-corrected chi connectivity index (χ1v) is 9.97. The minimum atomic E-state index is -4.82. The lowest BCUT2D eigenvalue weighted by Crippen LogP contribution is -2.31. The van der Waals surface area contributed by atoms with Crippen LogP contribution in [-0.2, 0) is 0 Å². The summed E-state index contributed by atoms with van der Waals surface area (Å²) in [6, 6.07) is 11.7. The van der Waals surface area contributed by atoms with Crippen molar-refractivity contribution in [1.82, 2.24) is 5.32 Å². The van der Waals surface area contributed by atoms with Crippen molar-refractivity contribution in [2.45, 2.75) is 12.4 Å². The molecule has 168 valence electrons. The first-order valence-electron chi connectivity index (χ1n) is 9.05. The largest absolute Gasteiger partial charge is 0.573 e. The SMILES string of the molecule is O=C(NC(CCl)c1ccc(-c2ccc(OC(F)(F)F)cc2)cc1F)c1c(F)cccc1Cl. The Balaban J connectivity index is 1.81. The predicted molar refractivity (Wildman–Crippen MR) is 111 cm³/mol. The number of benzene rings is 3. The molecule has 0 bridgehead atoms. The standard InChI is InChI=1S/C22H14Cl2F5NO2/c23-11-19(30-21(31)20-16(24)2-1-3-17(20)25)15-9-6-13(10-18(15)26)12-4-7-14(8-5-12)32-22(27,28)29/h1-10,19H,11H2,(H,30,31). The number of rotatable bonds is 6. The molecule has 0 aliphatic carbocycles. The molecule has 10 heteroatoms. The molecule has 1 amide bonds. The lowest BCUT2D eigenvalue weighted by molar-refractivity contribution is -0.274. The molecule has 1 unspecified atom stereocenters. The zero-order valence-electron chi connectivity index (χ0n) is 16.0. The van der Waals surface area contributed by atoms with E-state index in [1.54, 1.807) is 0 Å². The molecule has 32 heavy (non-hydrogen) atoms. The van der Waals surface area contributed by atoms with Gasteiger partial charge in [0.25, 0.3) is 5.91 Å². The minimum Gasteiger partial charge on any atom is -0.406 e. The Bertz CT molecular complexity index is 1100. The maximum absolute atomic E-state index is 14.8. The molecule has 3 rings (SSSR count). The van der Waals surface area contributed by atoms with E-state index in [0.717, 1.165) is 24.3 Å². The quantitative estimate of drug-likeness (QED) is 0.302. The van der Waals surface area contributed by atoms with Crippen LogP contribution in [0.5, 0.6) is 5.75 Å². The van der Waals surface area contributed by atoms with E-state index in [-0.39, 0.29) is 22.0 Å². The summed E-state index contributed by atoms with van der Waals surface area (Å²) in [6.07, 6.45) is -4.82. The second kappa shape index (κ2) is 9.75. The first kappa shape index (κ1) is 23.8. The van der Waals surface area contributed by atoms with E-state index < -0.39 is 35.7 Å². The van der Waals surface area contributed by atoms with Gasteiger partial charge < -0.3 is 10.1 Å². The summed E-state index contributed by atoms with van der Waals surface area (Å²) in [4.78, 5) is 12.5. The minimum absolute atomic E-state index is 0.0431. The van der Waals surface area contributed by atoms with E-state index in [1.807, 2.05) is 0 Å². The van der Waals surface area contributed by atoms with Crippen LogP contribution in [0.4, 0.5) is 22.0 Å². The fraction of sp³-hybridized carbons (Fsp3) is 0.136. The maximum atomic E-state index is 14.8. The lowest BCUT2D eigenvalue weighted by atomic mass is 10.00. The first-order chi connectivity index (χ1) is 15.1. The molecule has 0 spiro atoms. The second-order valence-corrected chi connectivity index (χ2v) is 7.30. The van der Waals surface area contributed by atoms with Crippen LogP contribution in [0.1, 0.15) is 22.0 Å². The van der Waals surface area contributed by atoms with Gasteiger partial charge >= 0.3 is 6.36 Å². The Morgan fingerprint density at radius 2 is 1.62 bits per heavy atom. The molecule has 0 heterocycles. The van der Waals surface area contributed by atoms with E-state index in [2.05, 4.69) is 10.1 Å². The highest BCUT2D eigenvalue weighted by molar-refractivity contribution is 6.33. The van der Waals surface area contributed by atoms with Crippen molar-refractivity contribution < 1.29 is 31.5 Å². The van der Waals surface area contributed by atoms with E-state index in [4.69, 9.17) is 23.2 Å². The van der Waals surface area contributed by atoms with E-state index in [1.165, 1.54) is 36.4 Å². The fourth-order valence-electron chi connectivity index (χ4n) is 2.98. The van der Waals surface area contributed by atoms with Gasteiger partial charge in [-0.25, -0.2) is 8.78 Å². The molecule has 3 nitrogen and oxygen atoms in total. The van der Waals surface area contributed by atoms with Gasteiger partial charge in [-0.1, -0.05) is 41.9 Å². The van der Waals surface area contributed by atoms with Crippen molar-refractivity contribution in [2.75, 3.05) is 5.88 Å². The Hall–Kier alpha value is -2.84. The molecule has 0 fully saturated rings. The molecule has 0 radical (unpaired) electrons. The Morgan fingerprint density at radius 1 is 0.969 bits per heavy atom. The number of hydrogen-bond donors (Lipinski definition) is 1. The molecule has 0 saturated heterocycles. The predicted octanol–water partition coefficient (Wildman–Crippen LogP) is 6.89. The van der Waals surface area contributed by atoms with Crippen LogP contribution in [0.3, 0.4) is 0 Å². The molecule has 0 aliphatic heterocycles. The van der Waals surface area contributed by atoms with Crippen molar-refractivity contribution >= 4 is 29.1 Å². The molecule has 0 aliphatic rings. The summed E-state index contributed by atoms with van der Waals surface area (Å²) < 4.78 is 69.4. The molecule has 0 aromatic heterocycles. The number of alkyl halides is 4. The summed E-state index contributed by atoms with van der Waals surface area (Å²) >= 11 is 11.8. The van der Waals surface area contributed by atoms with Crippen LogP contribution in [-0.4, -0.2) is 18.1 Å². The van der Waals surface area contributed by atoms with Crippen LogP contribution >= 0.6 is 23.2 Å². The third-order valence-electron chi connectivity index (χ3n) is 4.45. The highest BCUT2D eigenvalue weighted by atomic mass is 35.5. The van der Waals surface area contributed by atoms with Crippen molar-refractivity contribution in [3.05, 3.63) is 88.4 Å². The second-order valence-electron chi connectivity index (χ2n) is 6.59. The van der Waals surface area contributed by atoms with Crippen molar-refractivity contribution in [3.8, 4) is 16.9 Å². The summed E-state index contributed by atoms with van der Waals surface area (Å²) in [5, 5.41) is 2.34. The highest BCUT2D eigenvalue weighted by Gasteiger charge is 2.31. The number of hydrogen-bond acceptors (Lipinski definition) is 2. The van der Waals surface area contributed by atoms with Gasteiger partial charge in [-0.2, -0.15) is 0 Å². The highest BCUT2D eigenvalue weighted by Crippen LogP contribution is 2.29. The van der Waals surface area contributed by atoms with Crippen LogP contribution < -0.4 is 10.1 Å². The van der Waals surface area contributed by atoms with E-state index >= 15 is 0 Å². The fourth-order valence-corrected chi connectivity index (χ4v) is 3.48. The van der Waals surface area contributed by atoms with Gasteiger partial charge in [0, 0.05) is 11.4 Å². The van der Waals surface area contributed by atoms with Gasteiger partial charge in [-0.15, -0.1) is 24.8 Å². The molecular weight excluding hydrogens is 476 g/mol. The number of amides is 1. The van der Waals surface area contributed by atoms with Gasteiger partial charge in [-0.3, -0.25) is 4.79 Å². The van der Waals surface area contributed by atoms with Crippen LogP contribution in [0.15, 0.2) is 60.7 Å². The summed E-state index contributed by atoms with van der Waals surface area (Å²) in [5.74, 6) is -3.03. The summed E-state index contributed by atoms with van der Waals surface area (Å²) in [6.45, 7) is 0. The molecule has 3 aromatic rings. The molecule has 3 aromatic carbocycles. The maximum Gasteiger partial charge on any atom is 0.573 e. The molecule has 0 saturated carbocycles. The number of nitrogens with one attached hydrogen (secondary N) is 1. The van der Waals surface area contributed by atoms with Gasteiger partial charge in [0.05, 0.1) is 16.6 Å². The van der Waals surface area contributed by atoms with Crippen LogP contribution in [0.2, 0.25) is 5.02 Å². The zero-order valence-corrected chi connectivity index (χ0v) is 17.5. The third-order valence-corrected chi connectivity index (χ3v) is 5.07.